The normalized spacial score (nSPS) is 29.4. The first kappa shape index (κ1) is 16.9. The van der Waals surface area contributed by atoms with E-state index in [2.05, 4.69) is 35.9 Å². The predicted octanol–water partition coefficient (Wildman–Crippen LogP) is 2.63. The second-order valence-electron chi connectivity index (χ2n) is 6.33. The number of hydrogen-bond donors (Lipinski definition) is 1. The van der Waals surface area contributed by atoms with Gasteiger partial charge in [-0.2, -0.15) is 0 Å². The van der Waals surface area contributed by atoms with Crippen molar-refractivity contribution in [3.63, 3.8) is 0 Å². The lowest BCUT2D eigenvalue weighted by molar-refractivity contribution is 0.0858. The topological polar surface area (TPSA) is 18.5 Å². The van der Waals surface area contributed by atoms with Crippen molar-refractivity contribution >= 4 is 0 Å². The van der Waals surface area contributed by atoms with Gasteiger partial charge in [-0.15, -0.1) is 0 Å². The minimum Gasteiger partial charge on any atom is -0.301 e. The molecule has 19 heavy (non-hydrogen) atoms. The molecular weight excluding hydrogens is 234 g/mol. The van der Waals surface area contributed by atoms with Crippen molar-refractivity contribution in [2.45, 2.75) is 53.6 Å². The Hall–Kier alpha value is -0.120. The largest absolute Gasteiger partial charge is 0.301 e. The molecule has 3 heteroatoms. The van der Waals surface area contributed by atoms with E-state index in [9.17, 15) is 0 Å². The van der Waals surface area contributed by atoms with E-state index in [-0.39, 0.29) is 0 Å². The van der Waals surface area contributed by atoms with E-state index in [1.807, 2.05) is 13.8 Å². The molecule has 0 spiro atoms. The third-order valence-electron chi connectivity index (χ3n) is 4.20. The van der Waals surface area contributed by atoms with Crippen LogP contribution in [0, 0.1) is 11.8 Å². The lowest BCUT2D eigenvalue weighted by Crippen LogP contribution is -2.53. The summed E-state index contributed by atoms with van der Waals surface area (Å²) < 4.78 is 0. The molecule has 2 aliphatic rings. The first-order valence-corrected chi connectivity index (χ1v) is 8.35. The number of rotatable bonds is 4. The molecule has 0 aromatic rings. The maximum Gasteiger partial charge on any atom is 0.0601 e. The first-order chi connectivity index (χ1) is 9.15. The summed E-state index contributed by atoms with van der Waals surface area (Å²) in [6.45, 7) is 18.5. The quantitative estimate of drug-likeness (QED) is 0.846. The molecule has 2 fully saturated rings. The Balaban J connectivity index is 0.000000861. The van der Waals surface area contributed by atoms with E-state index in [4.69, 9.17) is 0 Å². The monoisotopic (exact) mass is 269 g/mol. The summed E-state index contributed by atoms with van der Waals surface area (Å²) in [5.74, 6) is 1.70. The van der Waals surface area contributed by atoms with Gasteiger partial charge in [-0.25, -0.2) is 0 Å². The van der Waals surface area contributed by atoms with Crippen LogP contribution in [0.5, 0.6) is 0 Å². The van der Waals surface area contributed by atoms with Crippen LogP contribution < -0.4 is 5.32 Å². The Bertz CT molecular complexity index is 222. The smallest absolute Gasteiger partial charge is 0.0601 e. The van der Waals surface area contributed by atoms with Gasteiger partial charge in [0, 0.05) is 26.2 Å². The highest BCUT2D eigenvalue weighted by atomic mass is 15.3. The van der Waals surface area contributed by atoms with Gasteiger partial charge in [-0.1, -0.05) is 34.6 Å². The van der Waals surface area contributed by atoms with Crippen molar-refractivity contribution in [3.8, 4) is 0 Å². The van der Waals surface area contributed by atoms with E-state index < -0.39 is 0 Å². The molecule has 114 valence electrons. The number of nitrogens with one attached hydrogen (secondary N) is 1. The number of hydrogen-bond acceptors (Lipinski definition) is 3. The molecular formula is C16H35N3. The molecule has 2 unspecified atom stereocenters. The highest BCUT2D eigenvalue weighted by Gasteiger charge is 2.28. The number of nitrogens with zero attached hydrogens (tertiary/aromatic N) is 2. The first-order valence-electron chi connectivity index (χ1n) is 8.35. The second kappa shape index (κ2) is 8.93. The van der Waals surface area contributed by atoms with Crippen molar-refractivity contribution in [2.24, 2.45) is 11.8 Å². The van der Waals surface area contributed by atoms with Gasteiger partial charge in [0.1, 0.15) is 0 Å². The van der Waals surface area contributed by atoms with Crippen LogP contribution in [0.4, 0.5) is 0 Å². The summed E-state index contributed by atoms with van der Waals surface area (Å²) in [4.78, 5) is 5.28. The molecule has 3 nitrogen and oxygen atoms in total. The zero-order chi connectivity index (χ0) is 14.3. The average Bonchev–Trinajstić information content (AvgIpc) is 2.86. The van der Waals surface area contributed by atoms with Crippen molar-refractivity contribution in [3.05, 3.63) is 0 Å². The van der Waals surface area contributed by atoms with Gasteiger partial charge in [-0.3, -0.25) is 4.90 Å². The Morgan fingerprint density at radius 3 is 2.21 bits per heavy atom. The maximum absolute atomic E-state index is 3.65. The van der Waals surface area contributed by atoms with Gasteiger partial charge in [0.15, 0.2) is 0 Å². The predicted molar refractivity (Wildman–Crippen MR) is 84.4 cm³/mol. The van der Waals surface area contributed by atoms with Gasteiger partial charge >= 0.3 is 0 Å². The molecule has 0 amide bonds. The molecule has 0 aliphatic carbocycles. The highest BCUT2D eigenvalue weighted by Crippen LogP contribution is 2.18. The summed E-state index contributed by atoms with van der Waals surface area (Å²) in [6.07, 6.45) is 3.35. The standard InChI is InChI=1S/C14H29N3.C2H6/c1-12(2)4-5-16-6-8-17(9-7-16)14-10-13(3)11-15-14;1-2/h12-15H,4-11H2,1-3H3;1-2H3. The zero-order valence-corrected chi connectivity index (χ0v) is 13.8. The minimum absolute atomic E-state index is 0.664. The molecule has 0 saturated carbocycles. The van der Waals surface area contributed by atoms with Crippen LogP contribution in [0.3, 0.4) is 0 Å². The average molecular weight is 269 g/mol. The van der Waals surface area contributed by atoms with Crippen LogP contribution in [0.2, 0.25) is 0 Å². The molecule has 2 atom stereocenters. The third kappa shape index (κ3) is 5.80. The molecule has 0 aromatic carbocycles. The van der Waals surface area contributed by atoms with Gasteiger partial charge in [-0.05, 0) is 37.8 Å². The summed E-state index contributed by atoms with van der Waals surface area (Å²) in [6, 6.07) is 0. The van der Waals surface area contributed by atoms with Crippen molar-refractivity contribution in [1.82, 2.24) is 15.1 Å². The second-order valence-corrected chi connectivity index (χ2v) is 6.33. The molecule has 1 N–H and O–H groups in total. The molecule has 0 aromatic heterocycles. The Morgan fingerprint density at radius 1 is 1.11 bits per heavy atom. The summed E-state index contributed by atoms with van der Waals surface area (Å²) in [7, 11) is 0. The lowest BCUT2D eigenvalue weighted by atomic mass is 10.1. The maximum atomic E-state index is 3.65. The van der Waals surface area contributed by atoms with Crippen LogP contribution in [0.15, 0.2) is 0 Å². The van der Waals surface area contributed by atoms with Gasteiger partial charge in [0.05, 0.1) is 6.17 Å². The summed E-state index contributed by atoms with van der Waals surface area (Å²) >= 11 is 0. The fraction of sp³-hybridized carbons (Fsp3) is 1.00. The van der Waals surface area contributed by atoms with Crippen LogP contribution in [0.25, 0.3) is 0 Å². The lowest BCUT2D eigenvalue weighted by Gasteiger charge is -2.38. The fourth-order valence-corrected chi connectivity index (χ4v) is 2.90. The van der Waals surface area contributed by atoms with Crippen LogP contribution in [-0.4, -0.2) is 55.2 Å². The summed E-state index contributed by atoms with van der Waals surface area (Å²) in [5.41, 5.74) is 0. The Morgan fingerprint density at radius 2 is 1.74 bits per heavy atom. The van der Waals surface area contributed by atoms with Gasteiger partial charge < -0.3 is 10.2 Å². The van der Waals surface area contributed by atoms with Gasteiger partial charge in [0.2, 0.25) is 0 Å². The SMILES string of the molecule is CC.CC(C)CCN1CCN(C2CC(C)CN2)CC1. The minimum atomic E-state index is 0.664. The fourth-order valence-electron chi connectivity index (χ4n) is 2.90. The molecule has 2 heterocycles. The molecule has 0 radical (unpaired) electrons. The third-order valence-corrected chi connectivity index (χ3v) is 4.20. The Labute approximate surface area is 120 Å². The Kier molecular flexibility index (Phi) is 7.96. The van der Waals surface area contributed by atoms with Crippen LogP contribution >= 0.6 is 0 Å². The zero-order valence-electron chi connectivity index (χ0n) is 13.8. The van der Waals surface area contributed by atoms with E-state index in [0.717, 1.165) is 11.8 Å². The van der Waals surface area contributed by atoms with E-state index in [1.165, 1.54) is 52.1 Å². The van der Waals surface area contributed by atoms with Crippen molar-refractivity contribution < 1.29 is 0 Å². The van der Waals surface area contributed by atoms with Crippen LogP contribution in [0.1, 0.15) is 47.5 Å². The molecule has 0 bridgehead atoms. The molecule has 2 aliphatic heterocycles. The van der Waals surface area contributed by atoms with Gasteiger partial charge in [0.25, 0.3) is 0 Å². The van der Waals surface area contributed by atoms with E-state index in [0.29, 0.717) is 6.17 Å². The highest BCUT2D eigenvalue weighted by molar-refractivity contribution is 4.83. The molecule has 2 saturated heterocycles. The number of piperazine rings is 1. The van der Waals surface area contributed by atoms with E-state index >= 15 is 0 Å². The van der Waals surface area contributed by atoms with Crippen molar-refractivity contribution in [2.75, 3.05) is 39.3 Å². The van der Waals surface area contributed by atoms with E-state index in [1.54, 1.807) is 0 Å². The van der Waals surface area contributed by atoms with Crippen molar-refractivity contribution in [1.29, 1.82) is 0 Å². The summed E-state index contributed by atoms with van der Waals surface area (Å²) in [5, 5.41) is 3.65. The van der Waals surface area contributed by atoms with Crippen LogP contribution in [-0.2, 0) is 0 Å². The molecule has 2 rings (SSSR count).